The molecule has 0 aromatic carbocycles. The lowest BCUT2D eigenvalue weighted by molar-refractivity contribution is 0.0687. The molecule has 5 nitrogen and oxygen atoms in total. The molecule has 14 heavy (non-hydrogen) atoms. The zero-order chi connectivity index (χ0) is 10.1. The number of imidazole rings is 1. The minimum absolute atomic E-state index is 0.0619. The van der Waals surface area contributed by atoms with Crippen LogP contribution in [0.2, 0.25) is 0 Å². The number of hydrogen-bond donors (Lipinski definition) is 2. The van der Waals surface area contributed by atoms with Crippen molar-refractivity contribution in [1.82, 2.24) is 9.66 Å². The molecule has 1 saturated carbocycles. The van der Waals surface area contributed by atoms with Crippen LogP contribution in [0.4, 0.5) is 0 Å². The Balaban J connectivity index is 2.30. The Morgan fingerprint density at radius 3 is 2.71 bits per heavy atom. The smallest absolute Gasteiger partial charge is 0.356 e. The van der Waals surface area contributed by atoms with Gasteiger partial charge in [0, 0.05) is 5.92 Å². The predicted octanol–water partition coefficient (Wildman–Crippen LogP) is 0.953. The number of nitrogen functional groups attached to an aromatic ring is 1. The number of carboxylic acids is 1. The monoisotopic (exact) mass is 195 g/mol. The molecule has 1 aliphatic rings. The van der Waals surface area contributed by atoms with Gasteiger partial charge in [0.2, 0.25) is 0 Å². The molecule has 5 heteroatoms. The summed E-state index contributed by atoms with van der Waals surface area (Å²) in [5.74, 6) is 5.68. The summed E-state index contributed by atoms with van der Waals surface area (Å²) >= 11 is 0. The normalized spacial score (nSPS) is 17.4. The molecule has 2 rings (SSSR count). The summed E-state index contributed by atoms with van der Waals surface area (Å²) in [6.45, 7) is 0. The zero-order valence-electron chi connectivity index (χ0n) is 7.81. The molecule has 0 bridgehead atoms. The van der Waals surface area contributed by atoms with Crippen molar-refractivity contribution in [3.63, 3.8) is 0 Å². The van der Waals surface area contributed by atoms with E-state index in [1.807, 2.05) is 0 Å². The van der Waals surface area contributed by atoms with Gasteiger partial charge in [0.25, 0.3) is 0 Å². The van der Waals surface area contributed by atoms with E-state index in [2.05, 4.69) is 4.98 Å². The quantitative estimate of drug-likeness (QED) is 0.688. The largest absolute Gasteiger partial charge is 0.476 e. The molecule has 3 N–H and O–H groups in total. The number of hydrogen-bond acceptors (Lipinski definition) is 3. The molecule has 0 saturated heterocycles. The minimum atomic E-state index is -1.02. The van der Waals surface area contributed by atoms with Crippen molar-refractivity contribution in [2.45, 2.75) is 31.6 Å². The van der Waals surface area contributed by atoms with E-state index in [1.54, 1.807) is 0 Å². The van der Waals surface area contributed by atoms with Crippen LogP contribution in [-0.4, -0.2) is 20.7 Å². The third kappa shape index (κ3) is 1.34. The van der Waals surface area contributed by atoms with Crippen LogP contribution in [0.1, 0.15) is 47.9 Å². The Hall–Kier alpha value is -1.52. The van der Waals surface area contributed by atoms with Crippen LogP contribution in [0.15, 0.2) is 6.20 Å². The van der Waals surface area contributed by atoms with Crippen molar-refractivity contribution in [2.75, 3.05) is 5.84 Å². The maximum atomic E-state index is 10.7. The molecule has 1 aromatic rings. The molecule has 0 amide bonds. The third-order valence-corrected chi connectivity index (χ3v) is 2.76. The third-order valence-electron chi connectivity index (χ3n) is 2.76. The summed E-state index contributed by atoms with van der Waals surface area (Å²) in [5, 5.41) is 8.78. The lowest BCUT2D eigenvalue weighted by atomic mass is 10.1. The van der Waals surface area contributed by atoms with E-state index in [-0.39, 0.29) is 5.69 Å². The maximum Gasteiger partial charge on any atom is 0.356 e. The van der Waals surface area contributed by atoms with Crippen LogP contribution in [0.3, 0.4) is 0 Å². The maximum absolute atomic E-state index is 10.7. The van der Waals surface area contributed by atoms with Crippen LogP contribution in [-0.2, 0) is 0 Å². The van der Waals surface area contributed by atoms with E-state index in [9.17, 15) is 4.79 Å². The van der Waals surface area contributed by atoms with E-state index in [1.165, 1.54) is 23.7 Å². The summed E-state index contributed by atoms with van der Waals surface area (Å²) in [4.78, 5) is 14.8. The Kier molecular flexibility index (Phi) is 2.15. The summed E-state index contributed by atoms with van der Waals surface area (Å²) in [6.07, 6.45) is 5.82. The molecular weight excluding hydrogens is 182 g/mol. The molecular formula is C9H13N3O2. The van der Waals surface area contributed by atoms with Gasteiger partial charge in [-0.2, -0.15) is 0 Å². The number of rotatable bonds is 2. The molecule has 76 valence electrons. The fourth-order valence-corrected chi connectivity index (χ4v) is 2.02. The van der Waals surface area contributed by atoms with Crippen LogP contribution in [0.25, 0.3) is 0 Å². The van der Waals surface area contributed by atoms with Crippen LogP contribution >= 0.6 is 0 Å². The number of aromatic nitrogens is 2. The topological polar surface area (TPSA) is 81.1 Å². The second-order valence-electron chi connectivity index (χ2n) is 3.66. The van der Waals surface area contributed by atoms with Crippen molar-refractivity contribution >= 4 is 5.97 Å². The highest BCUT2D eigenvalue weighted by atomic mass is 16.4. The fourth-order valence-electron chi connectivity index (χ4n) is 2.02. The average molecular weight is 195 g/mol. The van der Waals surface area contributed by atoms with Crippen LogP contribution < -0.4 is 5.84 Å². The number of carboxylic acid groups (broad SMARTS) is 1. The van der Waals surface area contributed by atoms with Crippen molar-refractivity contribution in [3.05, 3.63) is 17.7 Å². The van der Waals surface area contributed by atoms with Gasteiger partial charge in [-0.15, -0.1) is 0 Å². The Bertz CT molecular complexity index is 353. The van der Waals surface area contributed by atoms with Gasteiger partial charge in [0.1, 0.15) is 5.82 Å². The molecule has 0 atom stereocenters. The van der Waals surface area contributed by atoms with Crippen LogP contribution in [0.5, 0.6) is 0 Å². The molecule has 1 aromatic heterocycles. The lowest BCUT2D eigenvalue weighted by Gasteiger charge is -2.08. The van der Waals surface area contributed by atoms with Crippen molar-refractivity contribution in [2.24, 2.45) is 0 Å². The molecule has 0 unspecified atom stereocenters. The Morgan fingerprint density at radius 1 is 1.57 bits per heavy atom. The Morgan fingerprint density at radius 2 is 2.21 bits per heavy atom. The van der Waals surface area contributed by atoms with Gasteiger partial charge in [0.05, 0.1) is 6.20 Å². The number of carbonyl (C=O) groups is 1. The number of nitrogens with two attached hydrogens (primary N) is 1. The first kappa shape index (κ1) is 9.05. The average Bonchev–Trinajstić information content (AvgIpc) is 2.71. The lowest BCUT2D eigenvalue weighted by Crippen LogP contribution is -2.20. The number of nitrogens with zero attached hydrogens (tertiary/aromatic N) is 2. The minimum Gasteiger partial charge on any atom is -0.476 e. The van der Waals surface area contributed by atoms with E-state index < -0.39 is 5.97 Å². The summed E-state index contributed by atoms with van der Waals surface area (Å²) in [5.41, 5.74) is 0.0619. The SMILES string of the molecule is Nn1c(C(=O)O)cnc1C1CCCC1. The van der Waals surface area contributed by atoms with Gasteiger partial charge in [-0.3, -0.25) is 0 Å². The summed E-state index contributed by atoms with van der Waals surface area (Å²) in [6, 6.07) is 0. The highest BCUT2D eigenvalue weighted by molar-refractivity contribution is 5.85. The van der Waals surface area contributed by atoms with E-state index in [4.69, 9.17) is 10.9 Å². The second-order valence-corrected chi connectivity index (χ2v) is 3.66. The molecule has 1 aliphatic carbocycles. The van der Waals surface area contributed by atoms with Gasteiger partial charge in [-0.05, 0) is 12.8 Å². The van der Waals surface area contributed by atoms with Crippen molar-refractivity contribution in [1.29, 1.82) is 0 Å². The van der Waals surface area contributed by atoms with Gasteiger partial charge >= 0.3 is 5.97 Å². The van der Waals surface area contributed by atoms with Crippen molar-refractivity contribution < 1.29 is 9.90 Å². The fraction of sp³-hybridized carbons (Fsp3) is 0.556. The van der Waals surface area contributed by atoms with Crippen LogP contribution in [0, 0.1) is 0 Å². The van der Waals surface area contributed by atoms with E-state index >= 15 is 0 Å². The Labute approximate surface area is 81.5 Å². The molecule has 1 fully saturated rings. The summed E-state index contributed by atoms with van der Waals surface area (Å²) < 4.78 is 1.21. The van der Waals surface area contributed by atoms with Gasteiger partial charge in [-0.1, -0.05) is 12.8 Å². The summed E-state index contributed by atoms with van der Waals surface area (Å²) in [7, 11) is 0. The molecule has 1 heterocycles. The molecule has 0 spiro atoms. The second kappa shape index (κ2) is 3.32. The zero-order valence-corrected chi connectivity index (χ0v) is 7.81. The first-order valence-corrected chi connectivity index (χ1v) is 4.76. The predicted molar refractivity (Wildman–Crippen MR) is 50.5 cm³/mol. The first-order chi connectivity index (χ1) is 6.70. The molecule has 0 radical (unpaired) electrons. The van der Waals surface area contributed by atoms with Gasteiger partial charge in [0.15, 0.2) is 5.69 Å². The highest BCUT2D eigenvalue weighted by Gasteiger charge is 2.24. The van der Waals surface area contributed by atoms with E-state index in [0.717, 1.165) is 12.8 Å². The van der Waals surface area contributed by atoms with E-state index in [0.29, 0.717) is 11.7 Å². The highest BCUT2D eigenvalue weighted by Crippen LogP contribution is 2.32. The number of aromatic carboxylic acids is 1. The standard InChI is InChI=1S/C9H13N3O2/c10-12-7(9(13)14)5-11-8(12)6-3-1-2-4-6/h5-6H,1-4,10H2,(H,13,14). The molecule has 0 aliphatic heterocycles. The van der Waals surface area contributed by atoms with Gasteiger partial charge < -0.3 is 10.9 Å². The van der Waals surface area contributed by atoms with Crippen molar-refractivity contribution in [3.8, 4) is 0 Å². The van der Waals surface area contributed by atoms with Gasteiger partial charge in [-0.25, -0.2) is 14.5 Å². The first-order valence-electron chi connectivity index (χ1n) is 4.76.